The number of aromatic nitrogens is 2. The van der Waals surface area contributed by atoms with Crippen LogP contribution in [0.2, 0.25) is 0 Å². The van der Waals surface area contributed by atoms with Gasteiger partial charge in [0.25, 0.3) is 0 Å². The van der Waals surface area contributed by atoms with Crippen LogP contribution >= 0.6 is 0 Å². The average Bonchev–Trinajstić information content (AvgIpc) is 2.64. The van der Waals surface area contributed by atoms with Crippen molar-refractivity contribution in [2.45, 2.75) is 18.9 Å². The number of nitrogens with zero attached hydrogens (tertiary/aromatic N) is 3. The average molecular weight is 248 g/mol. The number of hydrogen-bond donors (Lipinski definition) is 1. The molecule has 18 heavy (non-hydrogen) atoms. The molecule has 1 aromatic carbocycles. The van der Waals surface area contributed by atoms with Gasteiger partial charge in [0.1, 0.15) is 5.82 Å². The van der Waals surface area contributed by atoms with Crippen LogP contribution in [0.25, 0.3) is 11.0 Å². The van der Waals surface area contributed by atoms with Gasteiger partial charge in [0.05, 0.1) is 11.0 Å². The van der Waals surface area contributed by atoms with Crippen LogP contribution in [0.5, 0.6) is 0 Å². The standard InChI is InChI=1S/C13H17FN4/c1-17-6-2-3-10(8-17)18-12-7-9(14)4-5-11(12)16-13(18)15/h4-5,7,10H,2-3,6,8H2,1H3,(H2,15,16). The molecule has 5 heteroatoms. The van der Waals surface area contributed by atoms with Crippen LogP contribution in [0.15, 0.2) is 18.2 Å². The summed E-state index contributed by atoms with van der Waals surface area (Å²) in [6, 6.07) is 4.92. The lowest BCUT2D eigenvalue weighted by Gasteiger charge is -2.31. The third-order valence-electron chi connectivity index (χ3n) is 3.64. The summed E-state index contributed by atoms with van der Waals surface area (Å²) in [5.74, 6) is 0.240. The van der Waals surface area contributed by atoms with Crippen LogP contribution in [0, 0.1) is 5.82 Å². The van der Waals surface area contributed by atoms with Gasteiger partial charge < -0.3 is 15.2 Å². The molecule has 1 fully saturated rings. The van der Waals surface area contributed by atoms with Gasteiger partial charge in [0, 0.05) is 12.6 Å². The zero-order chi connectivity index (χ0) is 12.7. The molecule has 1 aromatic heterocycles. The number of nitrogens with two attached hydrogens (primary N) is 1. The molecule has 0 bridgehead atoms. The molecule has 0 aliphatic carbocycles. The first-order valence-electron chi connectivity index (χ1n) is 6.26. The summed E-state index contributed by atoms with van der Waals surface area (Å²) in [7, 11) is 2.10. The highest BCUT2D eigenvalue weighted by Crippen LogP contribution is 2.28. The van der Waals surface area contributed by atoms with Gasteiger partial charge in [-0.3, -0.25) is 0 Å². The van der Waals surface area contributed by atoms with Crippen molar-refractivity contribution in [2.24, 2.45) is 0 Å². The van der Waals surface area contributed by atoms with Crippen molar-refractivity contribution in [3.63, 3.8) is 0 Å². The topological polar surface area (TPSA) is 47.1 Å². The van der Waals surface area contributed by atoms with Crippen molar-refractivity contribution in [1.82, 2.24) is 14.5 Å². The van der Waals surface area contributed by atoms with E-state index in [-0.39, 0.29) is 11.9 Å². The molecule has 0 spiro atoms. The third kappa shape index (κ3) is 1.84. The number of anilines is 1. The van der Waals surface area contributed by atoms with Gasteiger partial charge in [0.2, 0.25) is 5.95 Å². The van der Waals surface area contributed by atoms with E-state index in [4.69, 9.17) is 5.73 Å². The number of piperidine rings is 1. The maximum Gasteiger partial charge on any atom is 0.201 e. The maximum absolute atomic E-state index is 13.4. The van der Waals surface area contributed by atoms with Crippen LogP contribution in [0.1, 0.15) is 18.9 Å². The molecule has 96 valence electrons. The first-order valence-corrected chi connectivity index (χ1v) is 6.26. The van der Waals surface area contributed by atoms with Crippen molar-refractivity contribution < 1.29 is 4.39 Å². The lowest BCUT2D eigenvalue weighted by molar-refractivity contribution is 0.216. The minimum absolute atomic E-state index is 0.243. The Morgan fingerprint density at radius 1 is 1.44 bits per heavy atom. The second-order valence-electron chi connectivity index (χ2n) is 5.03. The van der Waals surface area contributed by atoms with Gasteiger partial charge in [-0.25, -0.2) is 9.37 Å². The lowest BCUT2D eigenvalue weighted by Crippen LogP contribution is -2.33. The highest BCUT2D eigenvalue weighted by atomic mass is 19.1. The van der Waals surface area contributed by atoms with E-state index >= 15 is 0 Å². The van der Waals surface area contributed by atoms with Gasteiger partial charge >= 0.3 is 0 Å². The molecule has 1 aliphatic heterocycles. The highest BCUT2D eigenvalue weighted by molar-refractivity contribution is 5.78. The summed E-state index contributed by atoms with van der Waals surface area (Å²) in [4.78, 5) is 6.59. The van der Waals surface area contributed by atoms with E-state index in [0.29, 0.717) is 5.95 Å². The Bertz CT molecular complexity index is 578. The predicted octanol–water partition coefficient (Wildman–Crippen LogP) is 2.02. The molecule has 0 saturated carbocycles. The predicted molar refractivity (Wildman–Crippen MR) is 69.9 cm³/mol. The normalized spacial score (nSPS) is 21.6. The number of benzene rings is 1. The van der Waals surface area contributed by atoms with E-state index < -0.39 is 0 Å². The number of likely N-dealkylation sites (N-methyl/N-ethyl adjacent to an activating group) is 1. The zero-order valence-electron chi connectivity index (χ0n) is 10.4. The molecule has 0 radical (unpaired) electrons. The number of hydrogen-bond acceptors (Lipinski definition) is 3. The number of imidazole rings is 1. The second-order valence-corrected chi connectivity index (χ2v) is 5.03. The van der Waals surface area contributed by atoms with Crippen molar-refractivity contribution in [2.75, 3.05) is 25.9 Å². The maximum atomic E-state index is 13.4. The largest absolute Gasteiger partial charge is 0.369 e. The fourth-order valence-corrected chi connectivity index (χ4v) is 2.82. The molecule has 0 amide bonds. The Kier molecular flexibility index (Phi) is 2.70. The van der Waals surface area contributed by atoms with Crippen molar-refractivity contribution in [1.29, 1.82) is 0 Å². The second kappa shape index (κ2) is 4.24. The van der Waals surface area contributed by atoms with Gasteiger partial charge in [-0.2, -0.15) is 0 Å². The number of nitrogen functional groups attached to an aromatic ring is 1. The van der Waals surface area contributed by atoms with Crippen molar-refractivity contribution >= 4 is 17.0 Å². The Balaban J connectivity index is 2.09. The Morgan fingerprint density at radius 3 is 3.06 bits per heavy atom. The fourth-order valence-electron chi connectivity index (χ4n) is 2.82. The Morgan fingerprint density at radius 2 is 2.28 bits per heavy atom. The van der Waals surface area contributed by atoms with Crippen LogP contribution < -0.4 is 5.73 Å². The Hall–Kier alpha value is -1.62. The van der Waals surface area contributed by atoms with Gasteiger partial charge in [-0.15, -0.1) is 0 Å². The molecule has 1 aliphatic rings. The van der Waals surface area contributed by atoms with Gasteiger partial charge in [-0.05, 0) is 44.6 Å². The smallest absolute Gasteiger partial charge is 0.201 e. The minimum Gasteiger partial charge on any atom is -0.369 e. The third-order valence-corrected chi connectivity index (χ3v) is 3.64. The number of rotatable bonds is 1. The van der Waals surface area contributed by atoms with E-state index in [1.165, 1.54) is 12.1 Å². The molecule has 2 N–H and O–H groups in total. The zero-order valence-corrected chi connectivity index (χ0v) is 10.4. The van der Waals surface area contributed by atoms with Crippen molar-refractivity contribution in [3.05, 3.63) is 24.0 Å². The molecule has 2 heterocycles. The lowest BCUT2D eigenvalue weighted by atomic mass is 10.1. The monoisotopic (exact) mass is 248 g/mol. The highest BCUT2D eigenvalue weighted by Gasteiger charge is 2.22. The van der Waals surface area contributed by atoms with E-state index in [1.807, 2.05) is 4.57 Å². The summed E-state index contributed by atoms with van der Waals surface area (Å²) in [6.07, 6.45) is 2.20. The minimum atomic E-state index is -0.243. The summed E-state index contributed by atoms with van der Waals surface area (Å²) < 4.78 is 15.4. The first kappa shape index (κ1) is 11.5. The van der Waals surface area contributed by atoms with E-state index in [0.717, 1.165) is 37.0 Å². The number of halogens is 1. The molecule has 4 nitrogen and oxygen atoms in total. The van der Waals surface area contributed by atoms with Gasteiger partial charge in [-0.1, -0.05) is 0 Å². The van der Waals surface area contributed by atoms with Crippen LogP contribution in [0.4, 0.5) is 10.3 Å². The number of likely N-dealkylation sites (tertiary alicyclic amines) is 1. The molecule has 1 unspecified atom stereocenters. The molecular weight excluding hydrogens is 231 g/mol. The summed E-state index contributed by atoms with van der Waals surface area (Å²) in [6.45, 7) is 2.05. The summed E-state index contributed by atoms with van der Waals surface area (Å²) in [5.41, 5.74) is 7.56. The summed E-state index contributed by atoms with van der Waals surface area (Å²) >= 11 is 0. The quantitative estimate of drug-likeness (QED) is 0.840. The fraction of sp³-hybridized carbons (Fsp3) is 0.462. The van der Waals surface area contributed by atoms with Gasteiger partial charge in [0.15, 0.2) is 0 Å². The van der Waals surface area contributed by atoms with Crippen molar-refractivity contribution in [3.8, 4) is 0 Å². The molecular formula is C13H17FN4. The molecule has 2 aromatic rings. The van der Waals surface area contributed by atoms with Crippen LogP contribution in [-0.4, -0.2) is 34.6 Å². The Labute approximate surface area is 105 Å². The van der Waals surface area contributed by atoms with E-state index in [1.54, 1.807) is 6.07 Å². The first-order chi connectivity index (χ1) is 8.65. The molecule has 3 rings (SSSR count). The van der Waals surface area contributed by atoms with Crippen LogP contribution in [0.3, 0.4) is 0 Å². The van der Waals surface area contributed by atoms with E-state index in [9.17, 15) is 4.39 Å². The van der Waals surface area contributed by atoms with E-state index in [2.05, 4.69) is 16.9 Å². The molecule has 1 atom stereocenters. The SMILES string of the molecule is CN1CCCC(n2c(N)nc3ccc(F)cc32)C1. The number of fused-ring (bicyclic) bond motifs is 1. The molecule has 1 saturated heterocycles. The summed E-state index contributed by atoms with van der Waals surface area (Å²) in [5, 5.41) is 0. The van der Waals surface area contributed by atoms with Crippen LogP contribution in [-0.2, 0) is 0 Å².